The van der Waals surface area contributed by atoms with Gasteiger partial charge in [0, 0.05) is 28.9 Å². The molecule has 4 rings (SSSR count). The van der Waals surface area contributed by atoms with Gasteiger partial charge in [0.25, 0.3) is 6.43 Å². The monoisotopic (exact) mass is 445 g/mol. The molecule has 1 aliphatic rings. The minimum absolute atomic E-state index is 0.0670. The lowest BCUT2D eigenvalue weighted by atomic mass is 10.0. The van der Waals surface area contributed by atoms with Gasteiger partial charge in [-0.25, -0.2) is 18.7 Å². The molecule has 0 saturated carbocycles. The second kappa shape index (κ2) is 9.41. The van der Waals surface area contributed by atoms with Crippen LogP contribution in [0.15, 0.2) is 30.3 Å². The molecule has 8 heteroatoms. The van der Waals surface area contributed by atoms with Crippen LogP contribution in [0.1, 0.15) is 28.9 Å². The van der Waals surface area contributed by atoms with E-state index >= 15 is 0 Å². The van der Waals surface area contributed by atoms with E-state index in [9.17, 15) is 8.78 Å². The van der Waals surface area contributed by atoms with Crippen molar-refractivity contribution in [1.82, 2.24) is 9.97 Å². The Labute approximate surface area is 181 Å². The van der Waals surface area contributed by atoms with Gasteiger partial charge in [0.15, 0.2) is 0 Å². The highest BCUT2D eigenvalue weighted by molar-refractivity contribution is 7.66. The van der Waals surface area contributed by atoms with E-state index in [1.54, 1.807) is 20.1 Å². The Morgan fingerprint density at radius 2 is 1.94 bits per heavy atom. The number of aryl methyl sites for hydroxylation is 1. The summed E-state index contributed by atoms with van der Waals surface area (Å²) in [4.78, 5) is 9.21. The number of fused-ring (bicyclic) bond motifs is 1. The number of aromatic nitrogens is 2. The van der Waals surface area contributed by atoms with E-state index in [0.29, 0.717) is 23.8 Å². The Morgan fingerprint density at radius 3 is 2.65 bits per heavy atom. The third-order valence-electron chi connectivity index (χ3n) is 5.63. The Bertz CT molecular complexity index is 1090. The molecule has 1 fully saturated rings. The number of nitrogens with one attached hydrogen (secondary N) is 1. The van der Waals surface area contributed by atoms with E-state index in [-0.39, 0.29) is 13.5 Å². The molecule has 0 atom stereocenters. The SMILES string of the molecule is COc1cc2nc(C)nc(NCc3cccc(C(F)F)c3C)c2cc1P1CCOCC1. The number of methoxy groups -OCH3 is 1. The van der Waals surface area contributed by atoms with Crippen LogP contribution >= 0.6 is 7.92 Å². The van der Waals surface area contributed by atoms with E-state index in [4.69, 9.17) is 9.47 Å². The van der Waals surface area contributed by atoms with Crippen molar-refractivity contribution in [2.24, 2.45) is 0 Å². The summed E-state index contributed by atoms with van der Waals surface area (Å²) < 4.78 is 37.8. The molecule has 1 saturated heterocycles. The first kappa shape index (κ1) is 21.8. The highest BCUT2D eigenvalue weighted by Gasteiger charge is 2.21. The van der Waals surface area contributed by atoms with Gasteiger partial charge >= 0.3 is 0 Å². The highest BCUT2D eigenvalue weighted by atomic mass is 31.1. The van der Waals surface area contributed by atoms with Crippen molar-refractivity contribution in [3.8, 4) is 5.75 Å². The van der Waals surface area contributed by atoms with Gasteiger partial charge in [-0.1, -0.05) is 26.1 Å². The van der Waals surface area contributed by atoms with Crippen LogP contribution < -0.4 is 15.4 Å². The summed E-state index contributed by atoms with van der Waals surface area (Å²) in [5, 5.41) is 5.47. The van der Waals surface area contributed by atoms with Crippen molar-refractivity contribution < 1.29 is 18.3 Å². The number of rotatable bonds is 6. The van der Waals surface area contributed by atoms with E-state index in [1.807, 2.05) is 19.1 Å². The average molecular weight is 445 g/mol. The lowest BCUT2D eigenvalue weighted by molar-refractivity contribution is 0.150. The number of anilines is 1. The van der Waals surface area contributed by atoms with Gasteiger partial charge < -0.3 is 14.8 Å². The normalized spacial score (nSPS) is 14.9. The molecule has 5 nitrogen and oxygen atoms in total. The summed E-state index contributed by atoms with van der Waals surface area (Å²) in [5.41, 5.74) is 2.30. The molecular formula is C23H26F2N3O2P. The number of nitrogens with zero attached hydrogens (tertiary/aromatic N) is 2. The number of alkyl halides is 2. The van der Waals surface area contributed by atoms with Crippen LogP contribution in [0.3, 0.4) is 0 Å². The summed E-state index contributed by atoms with van der Waals surface area (Å²) in [6.07, 6.45) is -0.475. The van der Waals surface area contributed by atoms with Crippen molar-refractivity contribution in [2.45, 2.75) is 26.8 Å². The maximum absolute atomic E-state index is 13.3. The third-order valence-corrected chi connectivity index (χ3v) is 8.10. The lowest BCUT2D eigenvalue weighted by Gasteiger charge is -2.25. The third kappa shape index (κ3) is 4.63. The van der Waals surface area contributed by atoms with Gasteiger partial charge in [0.1, 0.15) is 17.4 Å². The van der Waals surface area contributed by atoms with E-state index in [0.717, 1.165) is 47.8 Å². The molecule has 0 aliphatic carbocycles. The Balaban J connectivity index is 1.71. The summed E-state index contributed by atoms with van der Waals surface area (Å²) in [7, 11) is 1.31. The first-order chi connectivity index (χ1) is 15.0. The number of halogens is 2. The lowest BCUT2D eigenvalue weighted by Crippen LogP contribution is -2.20. The van der Waals surface area contributed by atoms with Crippen LogP contribution in [0.2, 0.25) is 0 Å². The summed E-state index contributed by atoms with van der Waals surface area (Å²) in [5.74, 6) is 2.20. The van der Waals surface area contributed by atoms with Crippen LogP contribution in [-0.2, 0) is 11.3 Å². The summed E-state index contributed by atoms with van der Waals surface area (Å²) in [6.45, 7) is 5.51. The first-order valence-corrected chi connectivity index (χ1v) is 12.0. The zero-order valence-corrected chi connectivity index (χ0v) is 18.8. The van der Waals surface area contributed by atoms with Crippen molar-refractivity contribution in [3.63, 3.8) is 0 Å². The van der Waals surface area contributed by atoms with Gasteiger partial charge in [-0.15, -0.1) is 0 Å². The maximum Gasteiger partial charge on any atom is 0.264 e. The highest BCUT2D eigenvalue weighted by Crippen LogP contribution is 2.41. The summed E-state index contributed by atoms with van der Waals surface area (Å²) >= 11 is 0. The van der Waals surface area contributed by atoms with Gasteiger partial charge in [0.2, 0.25) is 0 Å². The van der Waals surface area contributed by atoms with Crippen LogP contribution in [0.25, 0.3) is 10.9 Å². The number of benzene rings is 2. The fourth-order valence-electron chi connectivity index (χ4n) is 3.92. The quantitative estimate of drug-likeness (QED) is 0.545. The number of hydrogen-bond acceptors (Lipinski definition) is 5. The topological polar surface area (TPSA) is 56.3 Å². The van der Waals surface area contributed by atoms with Crippen molar-refractivity contribution in [2.75, 3.05) is 38.0 Å². The van der Waals surface area contributed by atoms with Crippen LogP contribution in [0.4, 0.5) is 14.6 Å². The molecule has 31 heavy (non-hydrogen) atoms. The maximum atomic E-state index is 13.3. The van der Waals surface area contributed by atoms with Crippen molar-refractivity contribution >= 4 is 29.9 Å². The zero-order chi connectivity index (χ0) is 22.0. The second-order valence-electron chi connectivity index (χ2n) is 7.55. The zero-order valence-electron chi connectivity index (χ0n) is 17.9. The molecule has 0 unspecified atom stereocenters. The molecule has 1 aliphatic heterocycles. The smallest absolute Gasteiger partial charge is 0.264 e. The number of hydrogen-bond donors (Lipinski definition) is 1. The van der Waals surface area contributed by atoms with E-state index in [1.165, 1.54) is 11.4 Å². The fraction of sp³-hybridized carbons (Fsp3) is 0.391. The second-order valence-corrected chi connectivity index (χ2v) is 10.0. The fourth-order valence-corrected chi connectivity index (χ4v) is 6.10. The minimum Gasteiger partial charge on any atom is -0.496 e. The molecule has 3 aromatic rings. The number of ether oxygens (including phenoxy) is 2. The van der Waals surface area contributed by atoms with Gasteiger partial charge in [-0.3, -0.25) is 0 Å². The first-order valence-electron chi connectivity index (χ1n) is 10.3. The minimum atomic E-state index is -2.49. The molecule has 0 bridgehead atoms. The van der Waals surface area contributed by atoms with Crippen LogP contribution in [0, 0.1) is 13.8 Å². The Kier molecular flexibility index (Phi) is 6.63. The van der Waals surface area contributed by atoms with Gasteiger partial charge in [-0.05, 0) is 43.4 Å². The van der Waals surface area contributed by atoms with Gasteiger partial charge in [-0.2, -0.15) is 0 Å². The molecule has 2 heterocycles. The molecule has 164 valence electrons. The van der Waals surface area contributed by atoms with E-state index < -0.39 is 6.43 Å². The molecule has 1 N–H and O–H groups in total. The molecule has 0 radical (unpaired) electrons. The summed E-state index contributed by atoms with van der Waals surface area (Å²) in [6, 6.07) is 9.12. The predicted octanol–water partition coefficient (Wildman–Crippen LogP) is 4.94. The Hall–Kier alpha value is -2.37. The largest absolute Gasteiger partial charge is 0.496 e. The van der Waals surface area contributed by atoms with Gasteiger partial charge in [0.05, 0.1) is 25.8 Å². The van der Waals surface area contributed by atoms with Crippen molar-refractivity contribution in [3.05, 3.63) is 52.8 Å². The molecule has 0 spiro atoms. The molecule has 0 amide bonds. The molecule has 2 aromatic carbocycles. The van der Waals surface area contributed by atoms with Crippen LogP contribution in [-0.4, -0.2) is 42.6 Å². The molecule has 1 aromatic heterocycles. The molecular weight excluding hydrogens is 419 g/mol. The van der Waals surface area contributed by atoms with Crippen molar-refractivity contribution in [1.29, 1.82) is 0 Å². The standard InChI is InChI=1S/C23H26F2N3O2P/c1-14-16(5-4-6-17(14)22(24)25)13-26-23-18-11-21(31-9-7-30-8-10-31)20(29-3)12-19(18)27-15(2)28-23/h4-6,11-12,22H,7-10,13H2,1-3H3,(H,26,27,28). The van der Waals surface area contributed by atoms with E-state index in [2.05, 4.69) is 21.4 Å². The predicted molar refractivity (Wildman–Crippen MR) is 121 cm³/mol. The Morgan fingerprint density at radius 1 is 1.16 bits per heavy atom. The average Bonchev–Trinajstić information content (AvgIpc) is 2.77. The van der Waals surface area contributed by atoms with Crippen LogP contribution in [0.5, 0.6) is 5.75 Å².